The summed E-state index contributed by atoms with van der Waals surface area (Å²) >= 11 is 0. The molecule has 1 fully saturated rings. The van der Waals surface area contributed by atoms with Gasteiger partial charge in [0.25, 0.3) is 5.56 Å². The molecule has 0 bridgehead atoms. The van der Waals surface area contributed by atoms with Crippen LogP contribution < -0.4 is 16.6 Å². The number of aromatic nitrogens is 2. The van der Waals surface area contributed by atoms with Crippen LogP contribution >= 0.6 is 0 Å². The zero-order chi connectivity index (χ0) is 18.0. The number of aliphatic hydroxyl groups excluding tert-OH is 1. The highest BCUT2D eigenvalue weighted by Gasteiger charge is 2.45. The topological polar surface area (TPSA) is 123 Å². The van der Waals surface area contributed by atoms with Crippen molar-refractivity contribution in [2.24, 2.45) is 0 Å². The minimum Gasteiger partial charge on any atom is -0.388 e. The number of rotatable bonds is 5. The fourth-order valence-electron chi connectivity index (χ4n) is 2.37. The van der Waals surface area contributed by atoms with Crippen LogP contribution in [0.25, 0.3) is 0 Å². The molecule has 0 unspecified atom stereocenters. The Morgan fingerprint density at radius 2 is 2.30 bits per heavy atom. The van der Waals surface area contributed by atoms with Gasteiger partial charge in [0.2, 0.25) is 5.91 Å². The second-order valence-electron chi connectivity index (χ2n) is 5.24. The maximum atomic E-state index is 12.1. The van der Waals surface area contributed by atoms with Crippen LogP contribution in [0.1, 0.15) is 26.5 Å². The highest BCUT2D eigenvalue weighted by atomic mass is 16.6. The molecule has 1 aromatic heterocycles. The van der Waals surface area contributed by atoms with Gasteiger partial charge in [-0.3, -0.25) is 19.1 Å². The Morgan fingerprint density at radius 3 is 2.91 bits per heavy atom. The second kappa shape index (κ2) is 7.07. The minimum atomic E-state index is -1.20. The number of nitrogens with one attached hydrogen (secondary N) is 2. The van der Waals surface area contributed by atoms with E-state index in [4.69, 9.17) is 10.8 Å². The van der Waals surface area contributed by atoms with Gasteiger partial charge in [-0.15, -0.1) is 0 Å². The number of amides is 1. The van der Waals surface area contributed by atoms with Crippen LogP contribution in [0.2, 0.25) is 0 Å². The molecule has 0 saturated carbocycles. The predicted octanol–water partition coefficient (Wildman–Crippen LogP) is -1.36. The number of aryl methyl sites for hydroxylation is 1. The van der Waals surface area contributed by atoms with Crippen LogP contribution in [0, 0.1) is 6.92 Å². The lowest BCUT2D eigenvalue weighted by Gasteiger charge is -2.22. The smallest absolute Gasteiger partial charge is 0.330 e. The third-order valence-corrected chi connectivity index (χ3v) is 3.69. The van der Waals surface area contributed by atoms with Crippen LogP contribution in [-0.2, 0) is 14.3 Å². The zero-order valence-corrected chi connectivity index (χ0v) is 13.1. The molecule has 128 valence electrons. The predicted molar refractivity (Wildman–Crippen MR) is 80.1 cm³/mol. The Kier molecular flexibility index (Phi) is 4.89. The molecule has 2 heterocycles. The van der Waals surface area contributed by atoms with E-state index in [0.29, 0.717) is 0 Å². The van der Waals surface area contributed by atoms with E-state index in [1.54, 1.807) is 0 Å². The largest absolute Gasteiger partial charge is 0.388 e. The fraction of sp³-hybridized carbons (Fsp3) is 0.643. The quantitative estimate of drug-likeness (QED) is 0.614. The number of carbonyl (C=O) groups is 1. The molecule has 3 N–H and O–H groups in total. The summed E-state index contributed by atoms with van der Waals surface area (Å²) in [6.07, 6.45) is -3.69. The van der Waals surface area contributed by atoms with Crippen LogP contribution in [0.15, 0.2) is 15.8 Å². The molecule has 1 amide bonds. The van der Waals surface area contributed by atoms with Gasteiger partial charge in [-0.2, -0.15) is 0 Å². The van der Waals surface area contributed by atoms with Gasteiger partial charge in [-0.25, -0.2) is 4.79 Å². The lowest BCUT2D eigenvalue weighted by molar-refractivity contribution is -0.132. The number of carbonyl (C=O) groups excluding carboxylic acids is 1. The minimum absolute atomic E-state index is 0.278. The number of nitrogens with zero attached hydrogens (tertiary/aromatic N) is 1. The summed E-state index contributed by atoms with van der Waals surface area (Å²) in [5.74, 6) is -0.409. The summed E-state index contributed by atoms with van der Waals surface area (Å²) in [4.78, 5) is 37.1. The number of aliphatic hydroxyl groups is 1. The molecule has 1 saturated heterocycles. The maximum Gasteiger partial charge on any atom is 0.330 e. The summed E-state index contributed by atoms with van der Waals surface area (Å²) in [6.45, 7) is 2.71. The van der Waals surface area contributed by atoms with Crippen molar-refractivity contribution in [1.29, 1.82) is 0 Å². The second-order valence-corrected chi connectivity index (χ2v) is 5.24. The molecular weight excluding hydrogens is 306 g/mol. The van der Waals surface area contributed by atoms with E-state index in [1.165, 1.54) is 27.1 Å². The van der Waals surface area contributed by atoms with Gasteiger partial charge in [0.1, 0.15) is 18.8 Å². The molecule has 1 aliphatic rings. The molecule has 23 heavy (non-hydrogen) atoms. The van der Waals surface area contributed by atoms with E-state index < -0.39 is 48.1 Å². The average molecular weight is 328 g/mol. The normalized spacial score (nSPS) is 29.1. The molecule has 0 spiro atoms. The van der Waals surface area contributed by atoms with Gasteiger partial charge in [0.15, 0.2) is 6.23 Å². The standard InChI is InChI=1S/C14H21N3O6/c1-4-8-10(19)11(22-6-9(18)15-3)13(23-8)17-5-7(2)12(20)16-14(17)21/h5,8,10-11,13,19H,4,6H2,1-3H3,(H,15,18)(H,16,20,21)/t8-,10-,11-,13-/m1/s1/i4D/t4-,8-,10-,11-,13-. The lowest BCUT2D eigenvalue weighted by atomic mass is 10.1. The maximum absolute atomic E-state index is 12.1. The van der Waals surface area contributed by atoms with Crippen LogP contribution in [0.3, 0.4) is 0 Å². The molecule has 9 heteroatoms. The molecule has 5 atom stereocenters. The average Bonchev–Trinajstić information content (AvgIpc) is 2.85. The van der Waals surface area contributed by atoms with Gasteiger partial charge < -0.3 is 19.9 Å². The van der Waals surface area contributed by atoms with E-state index >= 15 is 0 Å². The highest BCUT2D eigenvalue weighted by molar-refractivity contribution is 5.76. The van der Waals surface area contributed by atoms with Gasteiger partial charge in [-0.05, 0) is 13.3 Å². The Hall–Kier alpha value is -1.97. The molecule has 0 aliphatic carbocycles. The van der Waals surface area contributed by atoms with Crippen molar-refractivity contribution in [3.8, 4) is 0 Å². The van der Waals surface area contributed by atoms with Gasteiger partial charge in [-0.1, -0.05) is 6.92 Å². The Labute approximate surface area is 133 Å². The van der Waals surface area contributed by atoms with E-state index in [0.717, 1.165) is 4.57 Å². The van der Waals surface area contributed by atoms with Crippen molar-refractivity contribution < 1.29 is 20.7 Å². The third kappa shape index (κ3) is 3.52. The number of ether oxygens (including phenoxy) is 2. The van der Waals surface area contributed by atoms with Crippen molar-refractivity contribution >= 4 is 5.91 Å². The van der Waals surface area contributed by atoms with Crippen molar-refractivity contribution in [1.82, 2.24) is 14.9 Å². The summed E-state index contributed by atoms with van der Waals surface area (Å²) in [5.41, 5.74) is -0.974. The molecule has 9 nitrogen and oxygen atoms in total. The number of aromatic amines is 1. The molecule has 0 aromatic carbocycles. The molecular formula is C14H21N3O6. The van der Waals surface area contributed by atoms with Crippen molar-refractivity contribution in [2.45, 2.75) is 44.8 Å². The molecule has 1 aliphatic heterocycles. The first kappa shape index (κ1) is 15.9. The summed E-state index contributed by atoms with van der Waals surface area (Å²) in [5, 5.41) is 12.7. The Bertz CT molecular complexity index is 715. The Morgan fingerprint density at radius 1 is 1.61 bits per heavy atom. The zero-order valence-electron chi connectivity index (χ0n) is 14.1. The van der Waals surface area contributed by atoms with Crippen molar-refractivity contribution in [2.75, 3.05) is 13.7 Å². The first-order valence-electron chi connectivity index (χ1n) is 7.74. The number of hydrogen-bond acceptors (Lipinski definition) is 6. The number of likely N-dealkylation sites (N-methyl/N-ethyl adjacent to an activating group) is 1. The van der Waals surface area contributed by atoms with Crippen molar-refractivity contribution in [3.63, 3.8) is 0 Å². The number of H-pyrrole nitrogens is 1. The highest BCUT2D eigenvalue weighted by Crippen LogP contribution is 2.32. The molecule has 1 aromatic rings. The van der Waals surface area contributed by atoms with E-state index in [2.05, 4.69) is 10.3 Å². The summed E-state index contributed by atoms with van der Waals surface area (Å²) < 4.78 is 19.9. The summed E-state index contributed by atoms with van der Waals surface area (Å²) in [7, 11) is 1.44. The third-order valence-electron chi connectivity index (χ3n) is 3.69. The molecule has 0 radical (unpaired) electrons. The van der Waals surface area contributed by atoms with Crippen LogP contribution in [0.5, 0.6) is 0 Å². The van der Waals surface area contributed by atoms with Crippen molar-refractivity contribution in [3.05, 3.63) is 32.6 Å². The summed E-state index contributed by atoms with van der Waals surface area (Å²) in [6, 6.07) is 0. The van der Waals surface area contributed by atoms with Crippen LogP contribution in [-0.4, -0.2) is 52.5 Å². The van der Waals surface area contributed by atoms with Gasteiger partial charge in [0, 0.05) is 20.2 Å². The SMILES string of the molecule is [2H][C@H](C)[C@H]1O[C@@H](n2cc(C)c(=O)[nH]c2=O)[C@H](OCC(=O)NC)[C@@H]1O. The van der Waals surface area contributed by atoms with E-state index in [1.807, 2.05) is 0 Å². The molecule has 2 rings (SSSR count). The first-order valence-corrected chi connectivity index (χ1v) is 7.16. The van der Waals surface area contributed by atoms with Gasteiger partial charge >= 0.3 is 5.69 Å². The Balaban J connectivity index is 2.37. The van der Waals surface area contributed by atoms with Gasteiger partial charge in [0.05, 0.1) is 6.10 Å². The van der Waals surface area contributed by atoms with Crippen LogP contribution in [0.4, 0.5) is 0 Å². The monoisotopic (exact) mass is 328 g/mol. The fourth-order valence-corrected chi connectivity index (χ4v) is 2.37. The first-order chi connectivity index (χ1) is 11.3. The lowest BCUT2D eigenvalue weighted by Crippen LogP contribution is -2.41. The number of hydrogen-bond donors (Lipinski definition) is 3. The van der Waals surface area contributed by atoms with E-state index in [9.17, 15) is 19.5 Å². The van der Waals surface area contributed by atoms with E-state index in [-0.39, 0.29) is 12.2 Å².